The number of hydrogen-bond donors (Lipinski definition) is 1. The van der Waals surface area contributed by atoms with Gasteiger partial charge in [0.1, 0.15) is 5.41 Å². The van der Waals surface area contributed by atoms with Gasteiger partial charge in [-0.1, -0.05) is 18.1 Å². The molecule has 1 fully saturated rings. The first kappa shape index (κ1) is 14.5. The van der Waals surface area contributed by atoms with Crippen LogP contribution in [0.2, 0.25) is 0 Å². The number of H-pyrrole nitrogens is 1. The number of aryl methyl sites for hydroxylation is 1. The van der Waals surface area contributed by atoms with Gasteiger partial charge in [0.05, 0.1) is 18.0 Å². The summed E-state index contributed by atoms with van der Waals surface area (Å²) in [7, 11) is 0. The molecule has 1 N–H and O–H groups in total. The summed E-state index contributed by atoms with van der Waals surface area (Å²) in [5.41, 5.74) is 5.16. The van der Waals surface area contributed by atoms with Crippen molar-refractivity contribution >= 4 is 22.6 Å². The Kier molecular flexibility index (Phi) is 3.29. The van der Waals surface area contributed by atoms with Crippen molar-refractivity contribution in [2.24, 2.45) is 10.4 Å². The van der Waals surface area contributed by atoms with E-state index in [0.717, 1.165) is 49.2 Å². The molecule has 120 valence electrons. The summed E-state index contributed by atoms with van der Waals surface area (Å²) in [5, 5.41) is 1.27. The highest BCUT2D eigenvalue weighted by Crippen LogP contribution is 2.47. The van der Waals surface area contributed by atoms with Gasteiger partial charge in [-0.2, -0.15) is 0 Å². The lowest BCUT2D eigenvalue weighted by molar-refractivity contribution is -0.155. The topological polar surface area (TPSA) is 54.4 Å². The van der Waals surface area contributed by atoms with Crippen molar-refractivity contribution < 1.29 is 9.53 Å². The Hall–Kier alpha value is -2.10. The number of fused-ring (bicyclic) bond motifs is 3. The molecule has 2 aliphatic rings. The molecule has 0 saturated heterocycles. The first-order valence-corrected chi connectivity index (χ1v) is 8.49. The minimum absolute atomic E-state index is 0.104. The fourth-order valence-electron chi connectivity index (χ4n) is 3.91. The number of nitrogens with one attached hydrogen (secondary N) is 1. The number of aromatic amines is 1. The van der Waals surface area contributed by atoms with Crippen molar-refractivity contribution in [3.63, 3.8) is 0 Å². The van der Waals surface area contributed by atoms with E-state index < -0.39 is 5.41 Å². The molecule has 0 radical (unpaired) electrons. The maximum absolute atomic E-state index is 12.6. The predicted molar refractivity (Wildman–Crippen MR) is 91.1 cm³/mol. The van der Waals surface area contributed by atoms with Gasteiger partial charge >= 0.3 is 5.97 Å². The Labute approximate surface area is 135 Å². The molecule has 0 amide bonds. The molecule has 1 aromatic carbocycles. The molecular weight excluding hydrogens is 288 g/mol. The number of nitrogens with zero attached hydrogens (tertiary/aromatic N) is 1. The smallest absolute Gasteiger partial charge is 0.318 e. The summed E-state index contributed by atoms with van der Waals surface area (Å²) in [4.78, 5) is 20.9. The standard InChI is InChI=1S/C19H22N2O2/c1-3-23-18(22)19(8-4-9-19)17-16-13(7-10-20-17)14-11-12(2)5-6-15(14)21-16/h5-6,11,21H,3-4,7-10H2,1-2H3. The summed E-state index contributed by atoms with van der Waals surface area (Å²) < 4.78 is 5.38. The van der Waals surface area contributed by atoms with E-state index in [1.54, 1.807) is 0 Å². The number of carbonyl (C=O) groups is 1. The molecule has 2 heterocycles. The van der Waals surface area contributed by atoms with Crippen LogP contribution in [0.15, 0.2) is 23.2 Å². The van der Waals surface area contributed by atoms with Crippen LogP contribution in [0.25, 0.3) is 10.9 Å². The Bertz CT molecular complexity index is 812. The van der Waals surface area contributed by atoms with Crippen LogP contribution in [0, 0.1) is 12.3 Å². The SMILES string of the molecule is CCOC(=O)C1(C2=NCCc3c2[nH]c2ccc(C)cc32)CCC1. The maximum Gasteiger partial charge on any atom is 0.318 e. The van der Waals surface area contributed by atoms with Crippen LogP contribution >= 0.6 is 0 Å². The third-order valence-corrected chi connectivity index (χ3v) is 5.26. The van der Waals surface area contributed by atoms with Crippen LogP contribution in [0.3, 0.4) is 0 Å². The number of ether oxygens (including phenoxy) is 1. The monoisotopic (exact) mass is 310 g/mol. The zero-order valence-corrected chi connectivity index (χ0v) is 13.7. The van der Waals surface area contributed by atoms with Gasteiger partial charge in [0.25, 0.3) is 0 Å². The number of aliphatic imine (C=N–C) groups is 1. The van der Waals surface area contributed by atoms with Gasteiger partial charge in [-0.3, -0.25) is 9.79 Å². The molecule has 1 aromatic heterocycles. The number of hydrogen-bond acceptors (Lipinski definition) is 3. The summed E-state index contributed by atoms with van der Waals surface area (Å²) in [6, 6.07) is 6.47. The number of aromatic nitrogens is 1. The summed E-state index contributed by atoms with van der Waals surface area (Å²) in [6.07, 6.45) is 3.69. The minimum atomic E-state index is -0.527. The molecule has 1 saturated carbocycles. The van der Waals surface area contributed by atoms with E-state index in [4.69, 9.17) is 9.73 Å². The van der Waals surface area contributed by atoms with Crippen molar-refractivity contribution in [2.45, 2.75) is 39.5 Å². The quantitative estimate of drug-likeness (QED) is 0.881. The third-order valence-electron chi connectivity index (χ3n) is 5.26. The van der Waals surface area contributed by atoms with Crippen LogP contribution in [-0.2, 0) is 16.0 Å². The third kappa shape index (κ3) is 2.04. The number of benzene rings is 1. The van der Waals surface area contributed by atoms with Gasteiger partial charge in [-0.15, -0.1) is 0 Å². The van der Waals surface area contributed by atoms with Gasteiger partial charge in [0, 0.05) is 17.4 Å². The molecule has 0 spiro atoms. The molecule has 0 atom stereocenters. The lowest BCUT2D eigenvalue weighted by atomic mass is 9.64. The first-order chi connectivity index (χ1) is 11.2. The lowest BCUT2D eigenvalue weighted by Gasteiger charge is -2.41. The van der Waals surface area contributed by atoms with E-state index >= 15 is 0 Å². The van der Waals surface area contributed by atoms with Gasteiger partial charge < -0.3 is 9.72 Å². The summed E-state index contributed by atoms with van der Waals surface area (Å²) in [5.74, 6) is -0.104. The molecule has 0 bridgehead atoms. The van der Waals surface area contributed by atoms with Crippen molar-refractivity contribution in [3.8, 4) is 0 Å². The van der Waals surface area contributed by atoms with E-state index in [2.05, 4.69) is 30.1 Å². The highest BCUT2D eigenvalue weighted by atomic mass is 16.5. The normalized spacial score (nSPS) is 19.0. The van der Waals surface area contributed by atoms with E-state index in [0.29, 0.717) is 6.61 Å². The second kappa shape index (κ2) is 5.22. The van der Waals surface area contributed by atoms with Gasteiger partial charge in [-0.25, -0.2) is 0 Å². The second-order valence-corrected chi connectivity index (χ2v) is 6.66. The molecule has 23 heavy (non-hydrogen) atoms. The van der Waals surface area contributed by atoms with Crippen LogP contribution < -0.4 is 0 Å². The molecule has 2 aromatic rings. The Balaban J connectivity index is 1.84. The molecule has 0 unspecified atom stereocenters. The van der Waals surface area contributed by atoms with Crippen molar-refractivity contribution in [3.05, 3.63) is 35.0 Å². The fraction of sp³-hybridized carbons (Fsp3) is 0.474. The minimum Gasteiger partial charge on any atom is -0.465 e. The number of carbonyl (C=O) groups excluding carboxylic acids is 1. The summed E-state index contributed by atoms with van der Waals surface area (Å²) in [6.45, 7) is 5.16. The van der Waals surface area contributed by atoms with Crippen LogP contribution in [0.1, 0.15) is 43.0 Å². The predicted octanol–water partition coefficient (Wildman–Crippen LogP) is 3.55. The maximum atomic E-state index is 12.6. The average Bonchev–Trinajstić information content (AvgIpc) is 2.85. The lowest BCUT2D eigenvalue weighted by Crippen LogP contribution is -2.48. The first-order valence-electron chi connectivity index (χ1n) is 8.49. The Morgan fingerprint density at radius 1 is 1.39 bits per heavy atom. The molecule has 4 rings (SSSR count). The Morgan fingerprint density at radius 3 is 2.91 bits per heavy atom. The largest absolute Gasteiger partial charge is 0.465 e. The Morgan fingerprint density at radius 2 is 2.22 bits per heavy atom. The molecule has 1 aliphatic heterocycles. The van der Waals surface area contributed by atoms with E-state index in [1.807, 2.05) is 6.92 Å². The molecule has 1 aliphatic carbocycles. The van der Waals surface area contributed by atoms with E-state index in [1.165, 1.54) is 16.5 Å². The van der Waals surface area contributed by atoms with E-state index in [9.17, 15) is 4.79 Å². The van der Waals surface area contributed by atoms with Crippen LogP contribution in [0.5, 0.6) is 0 Å². The van der Waals surface area contributed by atoms with Gasteiger partial charge in [0.2, 0.25) is 0 Å². The highest BCUT2D eigenvalue weighted by molar-refractivity contribution is 6.18. The van der Waals surface area contributed by atoms with Crippen LogP contribution in [-0.4, -0.2) is 29.8 Å². The molecule has 4 heteroatoms. The zero-order valence-electron chi connectivity index (χ0n) is 13.7. The van der Waals surface area contributed by atoms with Crippen molar-refractivity contribution in [1.29, 1.82) is 0 Å². The van der Waals surface area contributed by atoms with Gasteiger partial charge in [-0.05, 0) is 50.8 Å². The van der Waals surface area contributed by atoms with Gasteiger partial charge in [0.15, 0.2) is 0 Å². The zero-order chi connectivity index (χ0) is 16.0. The molecule has 4 nitrogen and oxygen atoms in total. The number of rotatable bonds is 3. The number of esters is 1. The van der Waals surface area contributed by atoms with E-state index in [-0.39, 0.29) is 5.97 Å². The molecular formula is C19H22N2O2. The summed E-state index contributed by atoms with van der Waals surface area (Å²) >= 11 is 0. The highest BCUT2D eigenvalue weighted by Gasteiger charge is 2.51. The average molecular weight is 310 g/mol. The van der Waals surface area contributed by atoms with Crippen LogP contribution in [0.4, 0.5) is 0 Å². The van der Waals surface area contributed by atoms with Crippen molar-refractivity contribution in [1.82, 2.24) is 4.98 Å². The van der Waals surface area contributed by atoms with Crippen molar-refractivity contribution in [2.75, 3.05) is 13.2 Å². The fourth-order valence-corrected chi connectivity index (χ4v) is 3.91. The second-order valence-electron chi connectivity index (χ2n) is 6.66.